The first-order valence-electron chi connectivity index (χ1n) is 6.64. The van der Waals surface area contributed by atoms with E-state index in [1.807, 2.05) is 56.6 Å². The van der Waals surface area contributed by atoms with Gasteiger partial charge in [-0.3, -0.25) is 9.78 Å². The number of carbonyl (C=O) groups excluding carboxylic acids is 1. The first kappa shape index (κ1) is 14.1. The summed E-state index contributed by atoms with van der Waals surface area (Å²) in [7, 11) is 3.64. The molecular formula is C16H19N3O. The zero-order chi connectivity index (χ0) is 14.4. The lowest BCUT2D eigenvalue weighted by atomic mass is 10.1. The van der Waals surface area contributed by atoms with Gasteiger partial charge in [0.05, 0.1) is 5.56 Å². The molecule has 1 N–H and O–H groups in total. The van der Waals surface area contributed by atoms with Crippen molar-refractivity contribution >= 4 is 11.6 Å². The molecule has 4 nitrogen and oxygen atoms in total. The van der Waals surface area contributed by atoms with Gasteiger partial charge in [-0.15, -0.1) is 0 Å². The first-order chi connectivity index (χ1) is 9.72. The molecule has 1 heterocycles. The summed E-state index contributed by atoms with van der Waals surface area (Å²) in [5.74, 6) is 0.0193. The second-order valence-electron chi connectivity index (χ2n) is 4.59. The van der Waals surface area contributed by atoms with Crippen LogP contribution in [-0.2, 0) is 6.42 Å². The number of hydrogen-bond donors (Lipinski definition) is 1. The molecule has 0 aliphatic heterocycles. The fourth-order valence-corrected chi connectivity index (χ4v) is 2.02. The first-order valence-corrected chi connectivity index (χ1v) is 6.64. The Bertz CT molecular complexity index is 569. The number of carbonyl (C=O) groups is 1. The van der Waals surface area contributed by atoms with E-state index in [1.54, 1.807) is 11.1 Å². The Balaban J connectivity index is 2.02. The third-order valence-electron chi connectivity index (χ3n) is 3.20. The van der Waals surface area contributed by atoms with Crippen LogP contribution in [0.3, 0.4) is 0 Å². The summed E-state index contributed by atoms with van der Waals surface area (Å²) in [6.45, 7) is 0.647. The Morgan fingerprint density at radius 2 is 1.95 bits per heavy atom. The Morgan fingerprint density at radius 3 is 2.65 bits per heavy atom. The largest absolute Gasteiger partial charge is 0.387 e. The van der Waals surface area contributed by atoms with Crippen LogP contribution in [0.4, 0.5) is 5.69 Å². The lowest BCUT2D eigenvalue weighted by Gasteiger charge is -2.18. The van der Waals surface area contributed by atoms with E-state index in [1.165, 1.54) is 0 Å². The van der Waals surface area contributed by atoms with Crippen LogP contribution < -0.4 is 5.32 Å². The second-order valence-corrected chi connectivity index (χ2v) is 4.59. The molecule has 1 aromatic carbocycles. The number of nitrogens with one attached hydrogen (secondary N) is 1. The number of hydrogen-bond acceptors (Lipinski definition) is 3. The average molecular weight is 269 g/mol. The van der Waals surface area contributed by atoms with Crippen molar-refractivity contribution in [3.05, 3.63) is 59.9 Å². The van der Waals surface area contributed by atoms with E-state index < -0.39 is 0 Å². The van der Waals surface area contributed by atoms with Crippen molar-refractivity contribution in [2.75, 3.05) is 26.0 Å². The van der Waals surface area contributed by atoms with Crippen LogP contribution >= 0.6 is 0 Å². The molecule has 1 aromatic heterocycles. The van der Waals surface area contributed by atoms with E-state index in [-0.39, 0.29) is 5.91 Å². The van der Waals surface area contributed by atoms with Gasteiger partial charge in [0.25, 0.3) is 5.91 Å². The van der Waals surface area contributed by atoms with Crippen molar-refractivity contribution in [1.82, 2.24) is 9.88 Å². The fourth-order valence-electron chi connectivity index (χ4n) is 2.02. The monoisotopic (exact) mass is 269 g/mol. The zero-order valence-corrected chi connectivity index (χ0v) is 11.8. The molecule has 0 unspecified atom stereocenters. The van der Waals surface area contributed by atoms with Crippen molar-refractivity contribution in [2.45, 2.75) is 6.42 Å². The molecule has 0 aliphatic rings. The third kappa shape index (κ3) is 3.35. The molecule has 0 radical (unpaired) electrons. The van der Waals surface area contributed by atoms with Gasteiger partial charge in [-0.1, -0.05) is 18.2 Å². The minimum atomic E-state index is 0.0193. The predicted octanol–water partition coefficient (Wildman–Crippen LogP) is 2.44. The third-order valence-corrected chi connectivity index (χ3v) is 3.20. The number of rotatable bonds is 5. The minimum Gasteiger partial charge on any atom is -0.387 e. The molecule has 0 fully saturated rings. The van der Waals surface area contributed by atoms with Gasteiger partial charge < -0.3 is 10.2 Å². The predicted molar refractivity (Wildman–Crippen MR) is 80.9 cm³/mol. The molecule has 1 amide bonds. The SMILES string of the molecule is CNc1ccccc1C(=O)N(C)CCc1ccccn1. The van der Waals surface area contributed by atoms with E-state index in [9.17, 15) is 4.79 Å². The highest BCUT2D eigenvalue weighted by Gasteiger charge is 2.14. The normalized spacial score (nSPS) is 10.1. The maximum atomic E-state index is 12.4. The maximum Gasteiger partial charge on any atom is 0.255 e. The molecular weight excluding hydrogens is 250 g/mol. The van der Waals surface area contributed by atoms with E-state index in [4.69, 9.17) is 0 Å². The average Bonchev–Trinajstić information content (AvgIpc) is 2.52. The van der Waals surface area contributed by atoms with Gasteiger partial charge in [0, 0.05) is 44.6 Å². The number of pyridine rings is 1. The number of para-hydroxylation sites is 1. The number of aromatic nitrogens is 1. The maximum absolute atomic E-state index is 12.4. The molecule has 20 heavy (non-hydrogen) atoms. The quantitative estimate of drug-likeness (QED) is 0.906. The number of nitrogens with zero attached hydrogens (tertiary/aromatic N) is 2. The number of benzene rings is 1. The fraction of sp³-hybridized carbons (Fsp3) is 0.250. The summed E-state index contributed by atoms with van der Waals surface area (Å²) in [6.07, 6.45) is 2.53. The van der Waals surface area contributed by atoms with Crippen LogP contribution in [-0.4, -0.2) is 36.4 Å². The molecule has 104 valence electrons. The molecule has 0 atom stereocenters. The molecule has 2 aromatic rings. The highest BCUT2D eigenvalue weighted by molar-refractivity contribution is 5.99. The van der Waals surface area contributed by atoms with Gasteiger partial charge in [0.1, 0.15) is 0 Å². The van der Waals surface area contributed by atoms with Crippen molar-refractivity contribution in [3.8, 4) is 0 Å². The number of likely N-dealkylation sites (N-methyl/N-ethyl adjacent to an activating group) is 1. The topological polar surface area (TPSA) is 45.2 Å². The molecule has 0 bridgehead atoms. The molecule has 2 rings (SSSR count). The molecule has 0 saturated heterocycles. The summed E-state index contributed by atoms with van der Waals surface area (Å²) in [5, 5.41) is 3.05. The molecule has 0 spiro atoms. The van der Waals surface area contributed by atoms with Crippen LogP contribution in [0, 0.1) is 0 Å². The second kappa shape index (κ2) is 6.70. The van der Waals surface area contributed by atoms with Crippen molar-refractivity contribution in [2.24, 2.45) is 0 Å². The van der Waals surface area contributed by atoms with E-state index in [0.29, 0.717) is 12.1 Å². The highest BCUT2D eigenvalue weighted by Crippen LogP contribution is 2.16. The highest BCUT2D eigenvalue weighted by atomic mass is 16.2. The van der Waals surface area contributed by atoms with Crippen molar-refractivity contribution < 1.29 is 4.79 Å². The van der Waals surface area contributed by atoms with E-state index in [0.717, 1.165) is 17.8 Å². The Kier molecular flexibility index (Phi) is 4.71. The Hall–Kier alpha value is -2.36. The van der Waals surface area contributed by atoms with Crippen molar-refractivity contribution in [3.63, 3.8) is 0 Å². The van der Waals surface area contributed by atoms with Crippen LogP contribution in [0.2, 0.25) is 0 Å². The smallest absolute Gasteiger partial charge is 0.255 e. The van der Waals surface area contributed by atoms with E-state index >= 15 is 0 Å². The van der Waals surface area contributed by atoms with Gasteiger partial charge in [-0.05, 0) is 24.3 Å². The summed E-state index contributed by atoms with van der Waals surface area (Å²) in [4.78, 5) is 18.4. The number of amides is 1. The van der Waals surface area contributed by atoms with Gasteiger partial charge in [0.15, 0.2) is 0 Å². The van der Waals surface area contributed by atoms with Crippen LogP contribution in [0.1, 0.15) is 16.1 Å². The van der Waals surface area contributed by atoms with Gasteiger partial charge in [-0.2, -0.15) is 0 Å². The molecule has 0 aliphatic carbocycles. The van der Waals surface area contributed by atoms with Gasteiger partial charge in [0.2, 0.25) is 0 Å². The summed E-state index contributed by atoms with van der Waals surface area (Å²) < 4.78 is 0. The zero-order valence-electron chi connectivity index (χ0n) is 11.8. The molecule has 4 heteroatoms. The number of anilines is 1. The summed E-state index contributed by atoms with van der Waals surface area (Å²) in [5.41, 5.74) is 2.54. The lowest BCUT2D eigenvalue weighted by Crippen LogP contribution is -2.29. The summed E-state index contributed by atoms with van der Waals surface area (Å²) >= 11 is 0. The van der Waals surface area contributed by atoms with Crippen LogP contribution in [0.5, 0.6) is 0 Å². The van der Waals surface area contributed by atoms with Gasteiger partial charge in [-0.25, -0.2) is 0 Å². The minimum absolute atomic E-state index is 0.0193. The lowest BCUT2D eigenvalue weighted by molar-refractivity contribution is 0.0797. The van der Waals surface area contributed by atoms with Crippen LogP contribution in [0.25, 0.3) is 0 Å². The van der Waals surface area contributed by atoms with Gasteiger partial charge >= 0.3 is 0 Å². The summed E-state index contributed by atoms with van der Waals surface area (Å²) in [6, 6.07) is 13.4. The van der Waals surface area contributed by atoms with E-state index in [2.05, 4.69) is 10.3 Å². The van der Waals surface area contributed by atoms with Crippen LogP contribution in [0.15, 0.2) is 48.7 Å². The Labute approximate surface area is 119 Å². The van der Waals surface area contributed by atoms with Crippen molar-refractivity contribution in [1.29, 1.82) is 0 Å². The molecule has 0 saturated carbocycles. The Morgan fingerprint density at radius 1 is 1.20 bits per heavy atom. The standard InChI is InChI=1S/C16H19N3O/c1-17-15-9-4-3-8-14(15)16(20)19(2)12-10-13-7-5-6-11-18-13/h3-9,11,17H,10,12H2,1-2H3.